The molecule has 0 saturated carbocycles. The van der Waals surface area contributed by atoms with Gasteiger partial charge in [0.2, 0.25) is 0 Å². The van der Waals surface area contributed by atoms with Crippen molar-refractivity contribution in [2.75, 3.05) is 5.32 Å². The Bertz CT molecular complexity index is 583. The molecule has 0 bridgehead atoms. The number of hydrogen-bond donors (Lipinski definition) is 2. The van der Waals surface area contributed by atoms with Crippen LogP contribution in [0.4, 0.5) is 5.69 Å². The van der Waals surface area contributed by atoms with E-state index < -0.39 is 5.91 Å². The van der Waals surface area contributed by atoms with Gasteiger partial charge < -0.3 is 5.32 Å². The lowest BCUT2D eigenvalue weighted by Gasteiger charge is -2.06. The summed E-state index contributed by atoms with van der Waals surface area (Å²) < 4.78 is 0. The van der Waals surface area contributed by atoms with Gasteiger partial charge in [0.1, 0.15) is 6.07 Å². The summed E-state index contributed by atoms with van der Waals surface area (Å²) in [5, 5.41) is 24.1. The third-order valence-corrected chi connectivity index (χ3v) is 2.18. The van der Waals surface area contributed by atoms with Gasteiger partial charge in [0.25, 0.3) is 11.7 Å². The summed E-state index contributed by atoms with van der Waals surface area (Å²) in [4.78, 5) is 11.6. The zero-order valence-electron chi connectivity index (χ0n) is 8.93. The van der Waals surface area contributed by atoms with Crippen molar-refractivity contribution in [2.24, 2.45) is 0 Å². The van der Waals surface area contributed by atoms with E-state index in [0.717, 1.165) is 5.56 Å². The Labute approximate surface area is 96.5 Å². The molecule has 0 saturated heterocycles. The van der Waals surface area contributed by atoms with Crippen LogP contribution >= 0.6 is 0 Å². The van der Waals surface area contributed by atoms with Gasteiger partial charge in [0.15, 0.2) is 0 Å². The van der Waals surface area contributed by atoms with E-state index in [4.69, 9.17) is 5.26 Å². The molecule has 0 fully saturated rings. The van der Waals surface area contributed by atoms with Gasteiger partial charge in [-0.2, -0.15) is 10.5 Å². The van der Waals surface area contributed by atoms with Gasteiger partial charge in [-0.25, -0.2) is 0 Å². The predicted molar refractivity (Wildman–Crippen MR) is 58.0 cm³/mol. The van der Waals surface area contributed by atoms with Gasteiger partial charge in [-0.05, 0) is 23.8 Å². The molecular formula is C10H8N6O. The summed E-state index contributed by atoms with van der Waals surface area (Å²) >= 11 is 0. The largest absolute Gasteiger partial charge is 0.318 e. The minimum Gasteiger partial charge on any atom is -0.318 e. The summed E-state index contributed by atoms with van der Waals surface area (Å²) in [7, 11) is 0. The molecule has 2 aromatic rings. The fourth-order valence-electron chi connectivity index (χ4n) is 1.36. The second-order valence-electron chi connectivity index (χ2n) is 3.30. The maximum Gasteiger partial charge on any atom is 0.297 e. The number of amides is 1. The number of aromatic nitrogens is 4. The molecule has 2 N–H and O–H groups in total. The van der Waals surface area contributed by atoms with E-state index in [1.54, 1.807) is 25.1 Å². The number of nitriles is 1. The lowest BCUT2D eigenvalue weighted by Crippen LogP contribution is -2.15. The SMILES string of the molecule is Cc1cccc(NC(=O)c2nn[nH]n2)c1C#N. The number of nitrogens with zero attached hydrogens (tertiary/aromatic N) is 4. The first-order chi connectivity index (χ1) is 8.22. The second kappa shape index (κ2) is 4.40. The maximum absolute atomic E-state index is 11.6. The summed E-state index contributed by atoms with van der Waals surface area (Å²) in [6.07, 6.45) is 0. The minimum absolute atomic E-state index is 0.0737. The zero-order valence-corrected chi connectivity index (χ0v) is 8.93. The topological polar surface area (TPSA) is 107 Å². The van der Waals surface area contributed by atoms with Crippen LogP contribution in [0, 0.1) is 18.3 Å². The average Bonchev–Trinajstić information content (AvgIpc) is 2.82. The Morgan fingerprint density at radius 3 is 3.00 bits per heavy atom. The van der Waals surface area contributed by atoms with Crippen molar-refractivity contribution in [3.05, 3.63) is 35.2 Å². The Hall–Kier alpha value is -2.75. The molecule has 0 aliphatic heterocycles. The molecule has 1 aromatic carbocycles. The van der Waals surface area contributed by atoms with Crippen LogP contribution in [0.15, 0.2) is 18.2 Å². The molecule has 7 nitrogen and oxygen atoms in total. The molecule has 0 radical (unpaired) electrons. The van der Waals surface area contributed by atoms with Gasteiger partial charge >= 0.3 is 0 Å². The van der Waals surface area contributed by atoms with E-state index in [9.17, 15) is 4.79 Å². The Morgan fingerprint density at radius 2 is 2.35 bits per heavy atom. The molecule has 2 rings (SSSR count). The third kappa shape index (κ3) is 2.10. The number of tetrazole rings is 1. The standard InChI is InChI=1S/C10H8N6O/c1-6-3-2-4-8(7(6)5-11)12-10(17)9-13-15-16-14-9/h2-4H,1H3,(H,12,17)(H,13,14,15,16). The fraction of sp³-hybridized carbons (Fsp3) is 0.100. The zero-order chi connectivity index (χ0) is 12.3. The third-order valence-electron chi connectivity index (χ3n) is 2.18. The predicted octanol–water partition coefficient (Wildman–Crippen LogP) is 0.632. The number of benzene rings is 1. The first kappa shape index (κ1) is 10.8. The van der Waals surface area contributed by atoms with Crippen molar-refractivity contribution in [2.45, 2.75) is 6.92 Å². The van der Waals surface area contributed by atoms with Gasteiger partial charge in [-0.3, -0.25) is 4.79 Å². The molecule has 1 amide bonds. The van der Waals surface area contributed by atoms with Gasteiger partial charge in [0.05, 0.1) is 11.3 Å². The van der Waals surface area contributed by atoms with Crippen LogP contribution in [0.1, 0.15) is 21.7 Å². The van der Waals surface area contributed by atoms with Crippen molar-refractivity contribution in [1.29, 1.82) is 5.26 Å². The number of hydrogen-bond acceptors (Lipinski definition) is 5. The molecule has 0 aliphatic carbocycles. The summed E-state index contributed by atoms with van der Waals surface area (Å²) in [6.45, 7) is 1.79. The first-order valence-corrected chi connectivity index (χ1v) is 4.77. The molecule has 0 unspecified atom stereocenters. The van der Waals surface area contributed by atoms with Crippen molar-refractivity contribution in [1.82, 2.24) is 20.6 Å². The molecule has 0 atom stereocenters. The van der Waals surface area contributed by atoms with Crippen LogP contribution in [-0.4, -0.2) is 26.5 Å². The second-order valence-corrected chi connectivity index (χ2v) is 3.30. The van der Waals surface area contributed by atoms with Crippen molar-refractivity contribution < 1.29 is 4.79 Å². The summed E-state index contributed by atoms with van der Waals surface area (Å²) in [6, 6.07) is 7.22. The smallest absolute Gasteiger partial charge is 0.297 e. The highest BCUT2D eigenvalue weighted by molar-refractivity contribution is 6.02. The van der Waals surface area contributed by atoms with E-state index in [1.807, 2.05) is 6.07 Å². The van der Waals surface area contributed by atoms with Crippen molar-refractivity contribution in [3.63, 3.8) is 0 Å². The number of H-pyrrole nitrogens is 1. The lowest BCUT2D eigenvalue weighted by atomic mass is 10.1. The molecule has 84 valence electrons. The molecule has 17 heavy (non-hydrogen) atoms. The number of aryl methyl sites for hydroxylation is 1. The number of rotatable bonds is 2. The van der Waals surface area contributed by atoms with Crippen molar-refractivity contribution >= 4 is 11.6 Å². The quantitative estimate of drug-likeness (QED) is 0.783. The normalized spacial score (nSPS) is 9.65. The number of aromatic amines is 1. The van der Waals surface area contributed by atoms with E-state index in [2.05, 4.69) is 25.9 Å². The molecule has 1 heterocycles. The van der Waals surface area contributed by atoms with E-state index in [1.165, 1.54) is 0 Å². The molecule has 1 aromatic heterocycles. The van der Waals surface area contributed by atoms with E-state index >= 15 is 0 Å². The van der Waals surface area contributed by atoms with Crippen molar-refractivity contribution in [3.8, 4) is 6.07 Å². The average molecular weight is 228 g/mol. The number of nitrogens with one attached hydrogen (secondary N) is 2. The van der Waals surface area contributed by atoms with Gasteiger partial charge in [0, 0.05) is 0 Å². The number of anilines is 1. The summed E-state index contributed by atoms with van der Waals surface area (Å²) in [5.41, 5.74) is 1.64. The maximum atomic E-state index is 11.6. The van der Waals surface area contributed by atoms with E-state index in [-0.39, 0.29) is 5.82 Å². The van der Waals surface area contributed by atoms with Crippen LogP contribution in [-0.2, 0) is 0 Å². The van der Waals surface area contributed by atoms with Crippen LogP contribution in [0.5, 0.6) is 0 Å². The molecule has 0 spiro atoms. The number of carbonyl (C=O) groups is 1. The fourth-order valence-corrected chi connectivity index (χ4v) is 1.36. The molecular weight excluding hydrogens is 220 g/mol. The Balaban J connectivity index is 2.29. The lowest BCUT2D eigenvalue weighted by molar-refractivity contribution is 0.101. The highest BCUT2D eigenvalue weighted by atomic mass is 16.2. The van der Waals surface area contributed by atoms with Crippen LogP contribution in [0.25, 0.3) is 0 Å². The first-order valence-electron chi connectivity index (χ1n) is 4.77. The highest BCUT2D eigenvalue weighted by Gasteiger charge is 2.13. The van der Waals surface area contributed by atoms with E-state index in [0.29, 0.717) is 11.3 Å². The van der Waals surface area contributed by atoms with Crippen LogP contribution in [0.2, 0.25) is 0 Å². The monoisotopic (exact) mass is 228 g/mol. The number of carbonyl (C=O) groups excluding carboxylic acids is 1. The van der Waals surface area contributed by atoms with Gasteiger partial charge in [-0.15, -0.1) is 10.2 Å². The minimum atomic E-state index is -0.513. The summed E-state index contributed by atoms with van der Waals surface area (Å²) in [5.74, 6) is -0.587. The highest BCUT2D eigenvalue weighted by Crippen LogP contribution is 2.18. The molecule has 7 heteroatoms. The van der Waals surface area contributed by atoms with Crippen LogP contribution < -0.4 is 5.32 Å². The Kier molecular flexibility index (Phi) is 2.79. The molecule has 0 aliphatic rings. The van der Waals surface area contributed by atoms with Crippen LogP contribution in [0.3, 0.4) is 0 Å². The van der Waals surface area contributed by atoms with Gasteiger partial charge in [-0.1, -0.05) is 12.1 Å². The Morgan fingerprint density at radius 1 is 1.53 bits per heavy atom.